The summed E-state index contributed by atoms with van der Waals surface area (Å²) in [5.41, 5.74) is 1.92. The molecule has 156 valence electrons. The maximum Gasteiger partial charge on any atom is 0.343 e. The van der Waals surface area contributed by atoms with Gasteiger partial charge in [0.2, 0.25) is 0 Å². The Morgan fingerprint density at radius 1 is 1.17 bits per heavy atom. The average molecular weight is 399 g/mol. The van der Waals surface area contributed by atoms with Crippen LogP contribution < -0.4 is 4.74 Å². The van der Waals surface area contributed by atoms with Gasteiger partial charge in [-0.25, -0.2) is 4.79 Å². The van der Waals surface area contributed by atoms with Crippen molar-refractivity contribution in [2.75, 3.05) is 40.9 Å². The maximum absolute atomic E-state index is 11.2. The molecule has 2 aromatic carbocycles. The van der Waals surface area contributed by atoms with Gasteiger partial charge in [-0.3, -0.25) is 9.80 Å². The van der Waals surface area contributed by atoms with Gasteiger partial charge in [-0.2, -0.15) is 0 Å². The van der Waals surface area contributed by atoms with Crippen molar-refractivity contribution in [3.63, 3.8) is 0 Å². The number of likely N-dealkylation sites (N-methyl/N-ethyl adjacent to an activating group) is 1. The van der Waals surface area contributed by atoms with Crippen molar-refractivity contribution >= 4 is 5.97 Å². The molecule has 0 aliphatic carbocycles. The van der Waals surface area contributed by atoms with E-state index in [1.165, 1.54) is 7.11 Å². The predicted octanol–water partition coefficient (Wildman–Crippen LogP) is 2.26. The van der Waals surface area contributed by atoms with E-state index in [0.717, 1.165) is 30.6 Å². The third-order valence-electron chi connectivity index (χ3n) is 5.78. The van der Waals surface area contributed by atoms with E-state index in [4.69, 9.17) is 4.74 Å². The van der Waals surface area contributed by atoms with E-state index in [9.17, 15) is 9.90 Å². The molecule has 1 N–H and O–H groups in total. The van der Waals surface area contributed by atoms with Gasteiger partial charge >= 0.3 is 5.97 Å². The lowest BCUT2D eigenvalue weighted by Gasteiger charge is -2.50. The van der Waals surface area contributed by atoms with Crippen LogP contribution in [0.2, 0.25) is 0 Å². The summed E-state index contributed by atoms with van der Waals surface area (Å²) >= 11 is 0. The zero-order chi connectivity index (χ0) is 20.9. The SMILES string of the molecule is COC(=O)COc1ccc(CN2CC[C@@](c3ccccc3)(N(C)C)[C@H](O)C2)cc1. The molecule has 0 bridgehead atoms. The highest BCUT2D eigenvalue weighted by molar-refractivity contribution is 5.70. The van der Waals surface area contributed by atoms with Crippen molar-refractivity contribution in [2.45, 2.75) is 24.6 Å². The van der Waals surface area contributed by atoms with Crippen molar-refractivity contribution < 1.29 is 19.4 Å². The number of esters is 1. The number of likely N-dealkylation sites (tertiary alicyclic amines) is 1. The molecule has 1 heterocycles. The molecule has 2 atom stereocenters. The number of aliphatic hydroxyl groups is 1. The van der Waals surface area contributed by atoms with Crippen molar-refractivity contribution in [2.24, 2.45) is 0 Å². The molecule has 1 saturated heterocycles. The maximum atomic E-state index is 11.2. The molecule has 6 nitrogen and oxygen atoms in total. The predicted molar refractivity (Wildman–Crippen MR) is 112 cm³/mol. The zero-order valence-corrected chi connectivity index (χ0v) is 17.4. The molecule has 0 amide bonds. The van der Waals surface area contributed by atoms with Gasteiger partial charge in [0.15, 0.2) is 6.61 Å². The molecular formula is C23H30N2O4. The molecule has 6 heteroatoms. The first-order valence-corrected chi connectivity index (χ1v) is 9.87. The van der Waals surface area contributed by atoms with Crippen LogP contribution in [-0.4, -0.2) is 67.9 Å². The van der Waals surface area contributed by atoms with Crippen LogP contribution in [0.1, 0.15) is 17.5 Å². The number of β-amino-alcohol motifs (C(OH)–C–C–N with tert-alkyl or cyclic N) is 1. The molecule has 3 rings (SSSR count). The monoisotopic (exact) mass is 398 g/mol. The summed E-state index contributed by atoms with van der Waals surface area (Å²) in [6, 6.07) is 18.0. The second-order valence-electron chi connectivity index (χ2n) is 7.69. The number of aliphatic hydroxyl groups excluding tert-OH is 1. The minimum Gasteiger partial charge on any atom is -0.482 e. The Bertz CT molecular complexity index is 794. The second kappa shape index (κ2) is 9.39. The first-order valence-electron chi connectivity index (χ1n) is 9.87. The number of hydrogen-bond donors (Lipinski definition) is 1. The smallest absolute Gasteiger partial charge is 0.343 e. The molecule has 29 heavy (non-hydrogen) atoms. The van der Waals surface area contributed by atoms with E-state index >= 15 is 0 Å². The normalized spacial score (nSPS) is 22.4. The van der Waals surface area contributed by atoms with Gasteiger partial charge < -0.3 is 14.6 Å². The summed E-state index contributed by atoms with van der Waals surface area (Å²) in [6.45, 7) is 2.16. The molecule has 0 unspecified atom stereocenters. The average Bonchev–Trinajstić information content (AvgIpc) is 2.73. The minimum absolute atomic E-state index is 0.0970. The summed E-state index contributed by atoms with van der Waals surface area (Å²) in [4.78, 5) is 15.6. The largest absolute Gasteiger partial charge is 0.482 e. The third kappa shape index (κ3) is 4.78. The first-order chi connectivity index (χ1) is 14.0. The molecule has 2 aromatic rings. The number of methoxy groups -OCH3 is 1. The van der Waals surface area contributed by atoms with E-state index in [1.54, 1.807) is 0 Å². The molecule has 0 radical (unpaired) electrons. The standard InChI is InChI=1S/C23H30N2O4/c1-24(2)23(19-7-5-4-6-8-19)13-14-25(16-21(23)26)15-18-9-11-20(12-10-18)29-17-22(27)28-3/h4-12,21,26H,13-17H2,1-3H3/t21-,23+/m1/s1. The number of carbonyl (C=O) groups is 1. The Balaban J connectivity index is 1.63. The Morgan fingerprint density at radius 2 is 1.86 bits per heavy atom. The summed E-state index contributed by atoms with van der Waals surface area (Å²) in [5.74, 6) is 0.229. The fraction of sp³-hybridized carbons (Fsp3) is 0.435. The van der Waals surface area contributed by atoms with Crippen LogP contribution in [0, 0.1) is 0 Å². The van der Waals surface area contributed by atoms with Crippen LogP contribution in [-0.2, 0) is 21.6 Å². The lowest BCUT2D eigenvalue weighted by Crippen LogP contribution is -2.59. The fourth-order valence-electron chi connectivity index (χ4n) is 4.12. The topological polar surface area (TPSA) is 62.2 Å². The Morgan fingerprint density at radius 3 is 2.45 bits per heavy atom. The van der Waals surface area contributed by atoms with E-state index in [0.29, 0.717) is 12.3 Å². The van der Waals surface area contributed by atoms with Gasteiger partial charge in [0.25, 0.3) is 0 Å². The fourth-order valence-corrected chi connectivity index (χ4v) is 4.12. The quantitative estimate of drug-likeness (QED) is 0.722. The number of hydrogen-bond acceptors (Lipinski definition) is 6. The Kier molecular flexibility index (Phi) is 6.90. The van der Waals surface area contributed by atoms with E-state index < -0.39 is 12.1 Å². The second-order valence-corrected chi connectivity index (χ2v) is 7.69. The number of piperidine rings is 1. The molecule has 1 fully saturated rings. The summed E-state index contributed by atoms with van der Waals surface area (Å²) in [6.07, 6.45) is 0.363. The van der Waals surface area contributed by atoms with Gasteiger partial charge in [0.05, 0.1) is 18.8 Å². The molecule has 0 aromatic heterocycles. The molecule has 0 saturated carbocycles. The minimum atomic E-state index is -0.490. The molecule has 1 aliphatic heterocycles. The van der Waals surface area contributed by atoms with Crippen LogP contribution in [0.15, 0.2) is 54.6 Å². The zero-order valence-electron chi connectivity index (χ0n) is 17.4. The number of rotatable bonds is 7. The first kappa shape index (κ1) is 21.3. The van der Waals surface area contributed by atoms with Crippen molar-refractivity contribution in [1.29, 1.82) is 0 Å². The molecule has 1 aliphatic rings. The van der Waals surface area contributed by atoms with Crippen molar-refractivity contribution in [1.82, 2.24) is 9.80 Å². The number of benzene rings is 2. The van der Waals surface area contributed by atoms with Crippen LogP contribution in [0.5, 0.6) is 5.75 Å². The molecule has 0 spiro atoms. The summed E-state index contributed by atoms with van der Waals surface area (Å²) < 4.78 is 9.96. The van der Waals surface area contributed by atoms with Crippen molar-refractivity contribution in [3.05, 3.63) is 65.7 Å². The van der Waals surface area contributed by atoms with Crippen LogP contribution in [0.25, 0.3) is 0 Å². The highest BCUT2D eigenvalue weighted by Gasteiger charge is 2.45. The number of carbonyl (C=O) groups excluding carboxylic acids is 1. The van der Waals surface area contributed by atoms with Gasteiger partial charge in [-0.15, -0.1) is 0 Å². The Hall–Kier alpha value is -2.41. The van der Waals surface area contributed by atoms with Crippen molar-refractivity contribution in [3.8, 4) is 5.75 Å². The van der Waals surface area contributed by atoms with Crippen LogP contribution >= 0.6 is 0 Å². The lowest BCUT2D eigenvalue weighted by molar-refractivity contribution is -0.142. The summed E-state index contributed by atoms with van der Waals surface area (Å²) in [7, 11) is 5.42. The Labute approximate surface area is 172 Å². The van der Waals surface area contributed by atoms with Gasteiger partial charge in [-0.05, 0) is 43.8 Å². The number of ether oxygens (including phenoxy) is 2. The van der Waals surface area contributed by atoms with Gasteiger partial charge in [-0.1, -0.05) is 42.5 Å². The van der Waals surface area contributed by atoms with E-state index in [2.05, 4.69) is 26.7 Å². The van der Waals surface area contributed by atoms with E-state index in [-0.39, 0.29) is 12.1 Å². The molecular weight excluding hydrogens is 368 g/mol. The summed E-state index contributed by atoms with van der Waals surface area (Å²) in [5, 5.41) is 11.1. The highest BCUT2D eigenvalue weighted by Crippen LogP contribution is 2.38. The third-order valence-corrected chi connectivity index (χ3v) is 5.78. The highest BCUT2D eigenvalue weighted by atomic mass is 16.6. The van der Waals surface area contributed by atoms with E-state index in [1.807, 2.05) is 56.6 Å². The van der Waals surface area contributed by atoms with Crippen LogP contribution in [0.4, 0.5) is 0 Å². The number of nitrogens with zero attached hydrogens (tertiary/aromatic N) is 2. The van der Waals surface area contributed by atoms with Gasteiger partial charge in [0.1, 0.15) is 5.75 Å². The van der Waals surface area contributed by atoms with Gasteiger partial charge in [0, 0.05) is 19.6 Å². The van der Waals surface area contributed by atoms with Crippen LogP contribution in [0.3, 0.4) is 0 Å². The lowest BCUT2D eigenvalue weighted by atomic mass is 9.77.